The molecule has 4 nitrogen and oxygen atoms in total. The second kappa shape index (κ2) is 5.85. The molecule has 0 bridgehead atoms. The Hall–Kier alpha value is -1.27. The molecular weight excluding hydrogens is 315 g/mol. The fourth-order valence-corrected chi connectivity index (χ4v) is 3.77. The van der Waals surface area contributed by atoms with Crippen LogP contribution in [0.3, 0.4) is 0 Å². The molecule has 0 radical (unpaired) electrons. The molecule has 21 heavy (non-hydrogen) atoms. The number of rotatable bonds is 4. The summed E-state index contributed by atoms with van der Waals surface area (Å²) in [5.41, 5.74) is 1.30. The molecular formula is C14H14ClFN2O2S. The van der Waals surface area contributed by atoms with Gasteiger partial charge in [0.1, 0.15) is 5.82 Å². The van der Waals surface area contributed by atoms with Crippen LogP contribution in [0.2, 0.25) is 5.02 Å². The maximum atomic E-state index is 13.8. The monoisotopic (exact) mass is 328 g/mol. The molecule has 1 aliphatic carbocycles. The highest BCUT2D eigenvalue weighted by Gasteiger charge is 2.24. The SMILES string of the molecule is O=C(O)CSc1nc2cc(Cl)c(F)cc2n1C1CCCC1. The van der Waals surface area contributed by atoms with Gasteiger partial charge in [0.25, 0.3) is 0 Å². The van der Waals surface area contributed by atoms with E-state index in [1.165, 1.54) is 23.9 Å². The zero-order valence-electron chi connectivity index (χ0n) is 11.2. The normalized spacial score (nSPS) is 15.9. The molecule has 1 aromatic carbocycles. The minimum atomic E-state index is -0.894. The summed E-state index contributed by atoms with van der Waals surface area (Å²) in [6.07, 6.45) is 4.28. The zero-order valence-corrected chi connectivity index (χ0v) is 12.8. The van der Waals surface area contributed by atoms with Crippen LogP contribution in [0.5, 0.6) is 0 Å². The van der Waals surface area contributed by atoms with Gasteiger partial charge in [-0.3, -0.25) is 4.79 Å². The van der Waals surface area contributed by atoms with Crippen molar-refractivity contribution in [2.24, 2.45) is 0 Å². The minimum absolute atomic E-state index is 0.0355. The lowest BCUT2D eigenvalue weighted by atomic mass is 10.2. The van der Waals surface area contributed by atoms with Crippen LogP contribution in [0.25, 0.3) is 11.0 Å². The maximum absolute atomic E-state index is 13.8. The molecule has 2 aromatic rings. The van der Waals surface area contributed by atoms with E-state index in [1.807, 2.05) is 4.57 Å². The van der Waals surface area contributed by atoms with Gasteiger partial charge in [0.2, 0.25) is 0 Å². The molecule has 3 rings (SSSR count). The third-order valence-electron chi connectivity index (χ3n) is 3.71. The molecule has 1 heterocycles. The van der Waals surface area contributed by atoms with E-state index < -0.39 is 11.8 Å². The van der Waals surface area contributed by atoms with Gasteiger partial charge in [0, 0.05) is 12.1 Å². The average Bonchev–Trinajstić information content (AvgIpc) is 3.04. The predicted octanol–water partition coefficient (Wildman–Crippen LogP) is 4.12. The zero-order chi connectivity index (χ0) is 15.0. The van der Waals surface area contributed by atoms with E-state index in [9.17, 15) is 9.18 Å². The van der Waals surface area contributed by atoms with E-state index in [4.69, 9.17) is 16.7 Å². The lowest BCUT2D eigenvalue weighted by Crippen LogP contribution is -2.08. The molecule has 1 aliphatic rings. The summed E-state index contributed by atoms with van der Waals surface area (Å²) in [4.78, 5) is 15.2. The van der Waals surface area contributed by atoms with Crippen molar-refractivity contribution in [3.63, 3.8) is 0 Å². The number of carboxylic acid groups (broad SMARTS) is 1. The molecule has 0 aliphatic heterocycles. The van der Waals surface area contributed by atoms with Gasteiger partial charge in [-0.2, -0.15) is 0 Å². The number of aromatic nitrogens is 2. The van der Waals surface area contributed by atoms with E-state index in [1.54, 1.807) is 0 Å². The van der Waals surface area contributed by atoms with E-state index in [0.29, 0.717) is 16.2 Å². The number of benzene rings is 1. The molecule has 1 fully saturated rings. The van der Waals surface area contributed by atoms with Gasteiger partial charge in [-0.1, -0.05) is 36.2 Å². The van der Waals surface area contributed by atoms with Crippen molar-refractivity contribution in [1.82, 2.24) is 9.55 Å². The molecule has 0 spiro atoms. The Labute approximate surface area is 130 Å². The van der Waals surface area contributed by atoms with Crippen LogP contribution in [0.1, 0.15) is 31.7 Å². The van der Waals surface area contributed by atoms with Crippen LogP contribution in [0.15, 0.2) is 17.3 Å². The van der Waals surface area contributed by atoms with Crippen LogP contribution < -0.4 is 0 Å². The number of hydrogen-bond acceptors (Lipinski definition) is 3. The first-order chi connectivity index (χ1) is 10.1. The fraction of sp³-hybridized carbons (Fsp3) is 0.429. The summed E-state index contributed by atoms with van der Waals surface area (Å²) in [5, 5.41) is 9.52. The third kappa shape index (κ3) is 2.87. The second-order valence-corrected chi connectivity index (χ2v) is 6.49. The number of imidazole rings is 1. The summed E-state index contributed by atoms with van der Waals surface area (Å²) in [5.74, 6) is -1.43. The molecule has 7 heteroatoms. The van der Waals surface area contributed by atoms with Gasteiger partial charge >= 0.3 is 5.97 Å². The van der Waals surface area contributed by atoms with Gasteiger partial charge in [0.15, 0.2) is 5.16 Å². The number of hydrogen-bond donors (Lipinski definition) is 1. The summed E-state index contributed by atoms with van der Waals surface area (Å²) < 4.78 is 15.7. The van der Waals surface area contributed by atoms with E-state index in [0.717, 1.165) is 25.7 Å². The largest absolute Gasteiger partial charge is 0.481 e. The Bertz CT molecular complexity index is 698. The minimum Gasteiger partial charge on any atom is -0.481 e. The number of aliphatic carboxylic acids is 1. The van der Waals surface area contributed by atoms with Crippen molar-refractivity contribution in [3.8, 4) is 0 Å². The van der Waals surface area contributed by atoms with Gasteiger partial charge < -0.3 is 9.67 Å². The number of carbonyl (C=O) groups is 1. The predicted molar refractivity (Wildman–Crippen MR) is 80.6 cm³/mol. The number of nitrogens with zero attached hydrogens (tertiary/aromatic N) is 2. The van der Waals surface area contributed by atoms with Gasteiger partial charge in [-0.25, -0.2) is 9.37 Å². The van der Waals surface area contributed by atoms with Crippen molar-refractivity contribution < 1.29 is 14.3 Å². The molecule has 1 saturated carbocycles. The Morgan fingerprint density at radius 3 is 2.86 bits per heavy atom. The maximum Gasteiger partial charge on any atom is 0.313 e. The van der Waals surface area contributed by atoms with Crippen molar-refractivity contribution in [3.05, 3.63) is 23.0 Å². The van der Waals surface area contributed by atoms with Gasteiger partial charge in [0.05, 0.1) is 21.8 Å². The first kappa shape index (κ1) is 14.7. The molecule has 112 valence electrons. The van der Waals surface area contributed by atoms with Gasteiger partial charge in [-0.15, -0.1) is 0 Å². The topological polar surface area (TPSA) is 55.1 Å². The van der Waals surface area contributed by atoms with E-state index in [2.05, 4.69) is 4.98 Å². The van der Waals surface area contributed by atoms with Crippen molar-refractivity contribution in [2.75, 3.05) is 5.75 Å². The Kier molecular flexibility index (Phi) is 4.08. The van der Waals surface area contributed by atoms with Crippen LogP contribution in [0, 0.1) is 5.82 Å². The Morgan fingerprint density at radius 1 is 1.48 bits per heavy atom. The summed E-state index contributed by atoms with van der Waals surface area (Å²) >= 11 is 6.98. The van der Waals surface area contributed by atoms with E-state index >= 15 is 0 Å². The smallest absolute Gasteiger partial charge is 0.313 e. The van der Waals surface area contributed by atoms with E-state index in [-0.39, 0.29) is 16.8 Å². The quantitative estimate of drug-likeness (QED) is 0.858. The van der Waals surface area contributed by atoms with Crippen LogP contribution in [-0.2, 0) is 4.79 Å². The van der Waals surface area contributed by atoms with Crippen LogP contribution >= 0.6 is 23.4 Å². The number of fused-ring (bicyclic) bond motifs is 1. The standard InChI is InChI=1S/C14H14ClFN2O2S/c15-9-5-11-12(6-10(9)16)18(8-3-1-2-4-8)14(17-11)21-7-13(19)20/h5-6,8H,1-4,7H2,(H,19,20). The lowest BCUT2D eigenvalue weighted by molar-refractivity contribution is -0.133. The average molecular weight is 329 g/mol. The van der Waals surface area contributed by atoms with Crippen LogP contribution in [0.4, 0.5) is 4.39 Å². The number of halogens is 2. The fourth-order valence-electron chi connectivity index (χ4n) is 2.81. The number of thioether (sulfide) groups is 1. The van der Waals surface area contributed by atoms with Crippen LogP contribution in [-0.4, -0.2) is 26.4 Å². The highest BCUT2D eigenvalue weighted by atomic mass is 35.5. The van der Waals surface area contributed by atoms with Gasteiger partial charge in [-0.05, 0) is 18.9 Å². The molecule has 1 aromatic heterocycles. The highest BCUT2D eigenvalue weighted by Crippen LogP contribution is 2.37. The van der Waals surface area contributed by atoms with Crippen molar-refractivity contribution in [1.29, 1.82) is 0 Å². The number of carboxylic acids is 1. The molecule has 1 N–H and O–H groups in total. The molecule has 0 atom stereocenters. The first-order valence-electron chi connectivity index (χ1n) is 6.78. The summed E-state index contributed by atoms with van der Waals surface area (Å²) in [6.45, 7) is 0. The second-order valence-electron chi connectivity index (χ2n) is 5.14. The third-order valence-corrected chi connectivity index (χ3v) is 4.94. The highest BCUT2D eigenvalue weighted by molar-refractivity contribution is 7.99. The Balaban J connectivity index is 2.10. The van der Waals surface area contributed by atoms with Crippen molar-refractivity contribution >= 4 is 40.4 Å². The lowest BCUT2D eigenvalue weighted by Gasteiger charge is -2.15. The summed E-state index contributed by atoms with van der Waals surface area (Å²) in [7, 11) is 0. The first-order valence-corrected chi connectivity index (χ1v) is 8.14. The molecule has 0 amide bonds. The van der Waals surface area contributed by atoms with Crippen molar-refractivity contribution in [2.45, 2.75) is 36.9 Å². The summed E-state index contributed by atoms with van der Waals surface area (Å²) in [6, 6.07) is 3.16. The molecule has 0 unspecified atom stereocenters. The Morgan fingerprint density at radius 2 is 2.19 bits per heavy atom. The molecule has 0 saturated heterocycles.